The third-order valence-electron chi connectivity index (χ3n) is 4.62. The van der Waals surface area contributed by atoms with Crippen molar-refractivity contribution in [2.24, 2.45) is 17.8 Å². The Balaban J connectivity index is 1.99. The normalized spacial score (nSPS) is 33.3. The van der Waals surface area contributed by atoms with E-state index in [9.17, 15) is 5.11 Å². The predicted octanol–water partition coefficient (Wildman–Crippen LogP) is 1.71. The molecule has 1 saturated carbocycles. The molecule has 0 aromatic carbocycles. The first-order chi connectivity index (χ1) is 8.59. The third kappa shape index (κ3) is 3.25. The van der Waals surface area contributed by atoms with Gasteiger partial charge in [0, 0.05) is 19.6 Å². The Labute approximate surface area is 112 Å². The van der Waals surface area contributed by atoms with Crippen molar-refractivity contribution in [2.45, 2.75) is 45.6 Å². The Morgan fingerprint density at radius 2 is 1.83 bits per heavy atom. The predicted molar refractivity (Wildman–Crippen MR) is 75.6 cm³/mol. The monoisotopic (exact) mass is 254 g/mol. The number of hydrogen-bond donors (Lipinski definition) is 2. The molecule has 3 nitrogen and oxygen atoms in total. The van der Waals surface area contributed by atoms with Crippen LogP contribution in [0.5, 0.6) is 0 Å². The van der Waals surface area contributed by atoms with Gasteiger partial charge in [-0.05, 0) is 43.6 Å². The smallest absolute Gasteiger partial charge is 0.0628 e. The molecule has 0 aromatic heterocycles. The maximum atomic E-state index is 9.89. The fourth-order valence-electron chi connectivity index (χ4n) is 3.87. The summed E-state index contributed by atoms with van der Waals surface area (Å²) in [6, 6.07) is 0. The summed E-state index contributed by atoms with van der Waals surface area (Å²) >= 11 is 0. The van der Waals surface area contributed by atoms with Crippen LogP contribution in [0.1, 0.15) is 40.0 Å². The lowest BCUT2D eigenvalue weighted by atomic mass is 9.88. The Bertz CT molecular complexity index is 257. The largest absolute Gasteiger partial charge is 0.394 e. The molecule has 0 bridgehead atoms. The van der Waals surface area contributed by atoms with E-state index in [0.717, 1.165) is 24.9 Å². The molecule has 0 spiro atoms. The van der Waals surface area contributed by atoms with E-state index in [1.807, 2.05) is 0 Å². The van der Waals surface area contributed by atoms with E-state index < -0.39 is 0 Å². The van der Waals surface area contributed by atoms with Gasteiger partial charge in [0.2, 0.25) is 0 Å². The molecule has 3 unspecified atom stereocenters. The first kappa shape index (κ1) is 14.3. The lowest BCUT2D eigenvalue weighted by Crippen LogP contribution is -2.59. The molecule has 1 aliphatic carbocycles. The van der Waals surface area contributed by atoms with Gasteiger partial charge in [-0.15, -0.1) is 0 Å². The summed E-state index contributed by atoms with van der Waals surface area (Å²) in [7, 11) is 0. The van der Waals surface area contributed by atoms with E-state index in [1.165, 1.54) is 32.4 Å². The standard InChI is InChI=1S/C15H30N2O/c1-4-16-15(11-18,14-5-6-14)10-17-8-12(2)7-13(3)9-17/h12-14,16,18H,4-11H2,1-3H3. The molecule has 2 N–H and O–H groups in total. The first-order valence-corrected chi connectivity index (χ1v) is 7.68. The fraction of sp³-hybridized carbons (Fsp3) is 1.00. The van der Waals surface area contributed by atoms with Gasteiger partial charge in [0.25, 0.3) is 0 Å². The molecule has 2 rings (SSSR count). The number of nitrogens with zero attached hydrogens (tertiary/aromatic N) is 1. The first-order valence-electron chi connectivity index (χ1n) is 7.68. The molecule has 2 aliphatic rings. The van der Waals surface area contributed by atoms with Crippen LogP contribution < -0.4 is 5.32 Å². The molecule has 0 radical (unpaired) electrons. The van der Waals surface area contributed by atoms with Gasteiger partial charge in [-0.3, -0.25) is 0 Å². The summed E-state index contributed by atoms with van der Waals surface area (Å²) in [4.78, 5) is 2.58. The van der Waals surface area contributed by atoms with E-state index in [2.05, 4.69) is 31.0 Å². The zero-order valence-electron chi connectivity index (χ0n) is 12.3. The maximum Gasteiger partial charge on any atom is 0.0628 e. The maximum absolute atomic E-state index is 9.89. The van der Waals surface area contributed by atoms with E-state index in [-0.39, 0.29) is 12.1 Å². The van der Waals surface area contributed by atoms with Crippen LogP contribution >= 0.6 is 0 Å². The van der Waals surface area contributed by atoms with Crippen molar-refractivity contribution in [3.05, 3.63) is 0 Å². The highest BCUT2D eigenvalue weighted by Crippen LogP contribution is 2.40. The van der Waals surface area contributed by atoms with Gasteiger partial charge in [-0.25, -0.2) is 0 Å². The lowest BCUT2D eigenvalue weighted by Gasteiger charge is -2.42. The molecule has 3 atom stereocenters. The second-order valence-electron chi connectivity index (χ2n) is 6.76. The van der Waals surface area contributed by atoms with Crippen molar-refractivity contribution in [3.63, 3.8) is 0 Å². The van der Waals surface area contributed by atoms with Crippen LogP contribution in [0.15, 0.2) is 0 Å². The van der Waals surface area contributed by atoms with Gasteiger partial charge in [-0.1, -0.05) is 20.8 Å². The average Bonchev–Trinajstić information content (AvgIpc) is 3.11. The van der Waals surface area contributed by atoms with Gasteiger partial charge < -0.3 is 15.3 Å². The van der Waals surface area contributed by atoms with Crippen LogP contribution in [-0.4, -0.2) is 48.3 Å². The summed E-state index contributed by atoms with van der Waals surface area (Å²) in [5.41, 5.74) is -0.0362. The van der Waals surface area contributed by atoms with Crippen LogP contribution in [-0.2, 0) is 0 Å². The van der Waals surface area contributed by atoms with E-state index in [1.54, 1.807) is 0 Å². The van der Waals surface area contributed by atoms with Gasteiger partial charge in [0.15, 0.2) is 0 Å². The molecule has 106 valence electrons. The topological polar surface area (TPSA) is 35.5 Å². The second kappa shape index (κ2) is 5.89. The second-order valence-corrected chi connectivity index (χ2v) is 6.76. The van der Waals surface area contributed by atoms with Crippen molar-refractivity contribution in [1.82, 2.24) is 10.2 Å². The molecule has 1 heterocycles. The number of hydrogen-bond acceptors (Lipinski definition) is 3. The number of likely N-dealkylation sites (N-methyl/N-ethyl adjacent to an activating group) is 1. The zero-order valence-corrected chi connectivity index (χ0v) is 12.3. The lowest BCUT2D eigenvalue weighted by molar-refractivity contribution is 0.0577. The summed E-state index contributed by atoms with van der Waals surface area (Å²) in [6.45, 7) is 11.5. The minimum atomic E-state index is -0.0362. The van der Waals surface area contributed by atoms with Crippen LogP contribution in [0.25, 0.3) is 0 Å². The quantitative estimate of drug-likeness (QED) is 0.757. The van der Waals surface area contributed by atoms with Crippen molar-refractivity contribution in [3.8, 4) is 0 Å². The average molecular weight is 254 g/mol. The molecule has 3 heteroatoms. The summed E-state index contributed by atoms with van der Waals surface area (Å²) in [6.07, 6.45) is 3.92. The number of likely N-dealkylation sites (tertiary alicyclic amines) is 1. The molecule has 0 amide bonds. The number of piperidine rings is 1. The van der Waals surface area contributed by atoms with Crippen LogP contribution in [0.4, 0.5) is 0 Å². The number of aliphatic hydroxyl groups excluding tert-OH is 1. The Morgan fingerprint density at radius 1 is 1.22 bits per heavy atom. The molecule has 1 aliphatic heterocycles. The Hall–Kier alpha value is -0.120. The molecule has 1 saturated heterocycles. The van der Waals surface area contributed by atoms with Gasteiger partial charge in [0.1, 0.15) is 0 Å². The van der Waals surface area contributed by atoms with Crippen LogP contribution in [0.3, 0.4) is 0 Å². The Kier molecular flexibility index (Phi) is 4.68. The summed E-state index contributed by atoms with van der Waals surface area (Å²) in [5, 5.41) is 13.5. The Morgan fingerprint density at radius 3 is 2.28 bits per heavy atom. The minimum Gasteiger partial charge on any atom is -0.394 e. The number of aliphatic hydroxyl groups is 1. The summed E-state index contributed by atoms with van der Waals surface area (Å²) < 4.78 is 0. The minimum absolute atomic E-state index is 0.0362. The molecule has 18 heavy (non-hydrogen) atoms. The zero-order chi connectivity index (χ0) is 13.2. The van der Waals surface area contributed by atoms with E-state index in [0.29, 0.717) is 5.92 Å². The van der Waals surface area contributed by atoms with Crippen molar-refractivity contribution in [2.75, 3.05) is 32.8 Å². The van der Waals surface area contributed by atoms with Crippen molar-refractivity contribution < 1.29 is 5.11 Å². The molecular formula is C15H30N2O. The van der Waals surface area contributed by atoms with Gasteiger partial charge in [-0.2, -0.15) is 0 Å². The number of nitrogens with one attached hydrogen (secondary N) is 1. The summed E-state index contributed by atoms with van der Waals surface area (Å²) in [5.74, 6) is 2.28. The van der Waals surface area contributed by atoms with E-state index >= 15 is 0 Å². The highest BCUT2D eigenvalue weighted by atomic mass is 16.3. The van der Waals surface area contributed by atoms with Crippen LogP contribution in [0.2, 0.25) is 0 Å². The highest BCUT2D eigenvalue weighted by Gasteiger charge is 2.45. The highest BCUT2D eigenvalue weighted by molar-refractivity contribution is 5.03. The van der Waals surface area contributed by atoms with Crippen molar-refractivity contribution in [1.29, 1.82) is 0 Å². The molecular weight excluding hydrogens is 224 g/mol. The fourth-order valence-corrected chi connectivity index (χ4v) is 3.87. The van der Waals surface area contributed by atoms with E-state index in [4.69, 9.17) is 0 Å². The van der Waals surface area contributed by atoms with Crippen LogP contribution in [0, 0.1) is 17.8 Å². The van der Waals surface area contributed by atoms with Gasteiger partial charge >= 0.3 is 0 Å². The van der Waals surface area contributed by atoms with Gasteiger partial charge in [0.05, 0.1) is 12.1 Å². The third-order valence-corrected chi connectivity index (χ3v) is 4.62. The molecule has 0 aromatic rings. The SMILES string of the molecule is CCNC(CO)(CN1CC(C)CC(C)C1)C1CC1. The number of rotatable bonds is 6. The molecule has 2 fully saturated rings. The van der Waals surface area contributed by atoms with Crippen molar-refractivity contribution >= 4 is 0 Å².